The highest BCUT2D eigenvalue weighted by Crippen LogP contribution is 2.31. The summed E-state index contributed by atoms with van der Waals surface area (Å²) in [5, 5.41) is 16.8. The molecule has 10 heteroatoms. The van der Waals surface area contributed by atoms with E-state index in [0.717, 1.165) is 18.9 Å². The predicted molar refractivity (Wildman–Crippen MR) is 103 cm³/mol. The third-order valence-corrected chi connectivity index (χ3v) is 4.23. The summed E-state index contributed by atoms with van der Waals surface area (Å²) in [5.74, 6) is -2.01. The van der Waals surface area contributed by atoms with Gasteiger partial charge in [0.2, 0.25) is 0 Å². The number of hydrogen-bond donors (Lipinski definition) is 2. The molecular weight excluding hydrogens is 382 g/mol. The van der Waals surface area contributed by atoms with Crippen LogP contribution in [-0.2, 0) is 19.1 Å². The summed E-state index contributed by atoms with van der Waals surface area (Å²) in [6, 6.07) is 3.32. The lowest BCUT2D eigenvalue weighted by Gasteiger charge is -2.18. The zero-order valence-corrected chi connectivity index (χ0v) is 16.6. The highest BCUT2D eigenvalue weighted by atomic mass is 16.6. The van der Waals surface area contributed by atoms with Crippen LogP contribution in [0.2, 0.25) is 0 Å². The molecule has 1 amide bonds. The number of carbonyl (C=O) groups is 3. The van der Waals surface area contributed by atoms with Gasteiger partial charge < -0.3 is 20.1 Å². The van der Waals surface area contributed by atoms with Gasteiger partial charge in [-0.2, -0.15) is 0 Å². The maximum atomic E-state index is 12.2. The molecule has 0 bridgehead atoms. The minimum absolute atomic E-state index is 0.0439. The van der Waals surface area contributed by atoms with E-state index in [9.17, 15) is 24.5 Å². The molecule has 1 unspecified atom stereocenters. The average Bonchev–Trinajstić information content (AvgIpc) is 3.48. The third-order valence-electron chi connectivity index (χ3n) is 4.23. The smallest absolute Gasteiger partial charge is 0.338 e. The minimum Gasteiger partial charge on any atom is -0.467 e. The molecule has 1 fully saturated rings. The van der Waals surface area contributed by atoms with Crippen molar-refractivity contribution >= 4 is 29.2 Å². The van der Waals surface area contributed by atoms with Crippen molar-refractivity contribution in [2.45, 2.75) is 45.2 Å². The second-order valence-electron chi connectivity index (χ2n) is 7.26. The van der Waals surface area contributed by atoms with Crippen LogP contribution in [0.25, 0.3) is 0 Å². The lowest BCUT2D eigenvalue weighted by Crippen LogP contribution is -2.44. The molecule has 2 rings (SSSR count). The topological polar surface area (TPSA) is 137 Å². The van der Waals surface area contributed by atoms with Crippen LogP contribution >= 0.6 is 0 Å². The number of methoxy groups -OCH3 is 1. The standard InChI is InChI=1S/C19H25N3O7/c1-11(2)8-15(19(25)28-3)21-17(23)10-29-18(24)12-4-7-14(20-13-5-6-13)16(9-12)22(26)27/h4,7,9,11,13,15,20H,5-6,8,10H2,1-3H3,(H,21,23). The fraction of sp³-hybridized carbons (Fsp3) is 0.526. The van der Waals surface area contributed by atoms with Crippen LogP contribution in [0.5, 0.6) is 0 Å². The number of hydrogen-bond acceptors (Lipinski definition) is 8. The van der Waals surface area contributed by atoms with Gasteiger partial charge in [-0.15, -0.1) is 0 Å². The lowest BCUT2D eigenvalue weighted by molar-refractivity contribution is -0.384. The molecule has 1 saturated carbocycles. The molecule has 1 aromatic carbocycles. The third kappa shape index (κ3) is 6.74. The first kappa shape index (κ1) is 22.1. The van der Waals surface area contributed by atoms with E-state index >= 15 is 0 Å². The Morgan fingerprint density at radius 3 is 2.52 bits per heavy atom. The summed E-state index contributed by atoms with van der Waals surface area (Å²) in [4.78, 5) is 46.7. The second kappa shape index (κ2) is 9.85. The Morgan fingerprint density at radius 2 is 1.97 bits per heavy atom. The van der Waals surface area contributed by atoms with Gasteiger partial charge in [0.1, 0.15) is 11.7 Å². The number of nitrogens with one attached hydrogen (secondary N) is 2. The summed E-state index contributed by atoms with van der Waals surface area (Å²) >= 11 is 0. The Morgan fingerprint density at radius 1 is 1.28 bits per heavy atom. The normalized spacial score (nSPS) is 14.1. The van der Waals surface area contributed by atoms with Gasteiger partial charge in [-0.1, -0.05) is 13.8 Å². The van der Waals surface area contributed by atoms with E-state index in [1.54, 1.807) is 0 Å². The van der Waals surface area contributed by atoms with Crippen molar-refractivity contribution < 1.29 is 28.8 Å². The molecule has 0 heterocycles. The number of ether oxygens (including phenoxy) is 2. The van der Waals surface area contributed by atoms with Crippen molar-refractivity contribution in [2.24, 2.45) is 5.92 Å². The predicted octanol–water partition coefficient (Wildman–Crippen LogP) is 2.03. The molecule has 1 atom stereocenters. The zero-order valence-electron chi connectivity index (χ0n) is 16.6. The molecule has 0 aromatic heterocycles. The summed E-state index contributed by atoms with van der Waals surface area (Å²) in [6.45, 7) is 3.15. The monoisotopic (exact) mass is 407 g/mol. The van der Waals surface area contributed by atoms with E-state index in [1.807, 2.05) is 13.8 Å². The quantitative estimate of drug-likeness (QED) is 0.341. The highest BCUT2D eigenvalue weighted by Gasteiger charge is 2.26. The highest BCUT2D eigenvalue weighted by molar-refractivity contribution is 5.93. The number of carbonyl (C=O) groups excluding carboxylic acids is 3. The van der Waals surface area contributed by atoms with Gasteiger partial charge >= 0.3 is 11.9 Å². The lowest BCUT2D eigenvalue weighted by atomic mass is 10.0. The van der Waals surface area contributed by atoms with Crippen molar-refractivity contribution in [3.8, 4) is 0 Å². The van der Waals surface area contributed by atoms with E-state index < -0.39 is 35.4 Å². The summed E-state index contributed by atoms with van der Waals surface area (Å²) in [7, 11) is 1.22. The van der Waals surface area contributed by atoms with Crippen LogP contribution in [0, 0.1) is 16.0 Å². The molecule has 1 aromatic rings. The Labute approximate surface area is 168 Å². The van der Waals surface area contributed by atoms with Crippen molar-refractivity contribution in [1.29, 1.82) is 0 Å². The van der Waals surface area contributed by atoms with E-state index in [0.29, 0.717) is 12.1 Å². The average molecular weight is 407 g/mol. The van der Waals surface area contributed by atoms with E-state index in [-0.39, 0.29) is 23.2 Å². The van der Waals surface area contributed by atoms with E-state index in [1.165, 1.54) is 19.2 Å². The molecule has 1 aliphatic carbocycles. The van der Waals surface area contributed by atoms with Crippen molar-refractivity contribution in [3.63, 3.8) is 0 Å². The first-order valence-electron chi connectivity index (χ1n) is 9.30. The number of nitrogens with zero attached hydrogens (tertiary/aromatic N) is 1. The van der Waals surface area contributed by atoms with Gasteiger partial charge in [-0.3, -0.25) is 14.9 Å². The van der Waals surface area contributed by atoms with Gasteiger partial charge in [0.25, 0.3) is 11.6 Å². The Bertz CT molecular complexity index is 790. The van der Waals surface area contributed by atoms with Crippen molar-refractivity contribution in [1.82, 2.24) is 5.32 Å². The van der Waals surface area contributed by atoms with Gasteiger partial charge in [0.05, 0.1) is 17.6 Å². The molecule has 29 heavy (non-hydrogen) atoms. The first-order chi connectivity index (χ1) is 13.7. The van der Waals surface area contributed by atoms with Crippen LogP contribution in [0.1, 0.15) is 43.5 Å². The maximum Gasteiger partial charge on any atom is 0.338 e. The molecule has 158 valence electrons. The van der Waals surface area contributed by atoms with Gasteiger partial charge in [-0.05, 0) is 37.3 Å². The van der Waals surface area contributed by atoms with Gasteiger partial charge in [0, 0.05) is 12.1 Å². The van der Waals surface area contributed by atoms with Crippen LogP contribution in [0.15, 0.2) is 18.2 Å². The fourth-order valence-corrected chi connectivity index (χ4v) is 2.66. The van der Waals surface area contributed by atoms with Gasteiger partial charge in [-0.25, -0.2) is 9.59 Å². The molecule has 0 radical (unpaired) electrons. The largest absolute Gasteiger partial charge is 0.467 e. The molecule has 1 aliphatic rings. The fourth-order valence-electron chi connectivity index (χ4n) is 2.66. The summed E-state index contributed by atoms with van der Waals surface area (Å²) in [5.41, 5.74) is 0.0532. The Balaban J connectivity index is 1.96. The molecular formula is C19H25N3O7. The van der Waals surface area contributed by atoms with Crippen LogP contribution in [0.4, 0.5) is 11.4 Å². The van der Waals surface area contributed by atoms with E-state index in [2.05, 4.69) is 15.4 Å². The van der Waals surface area contributed by atoms with Crippen LogP contribution in [-0.4, -0.2) is 48.6 Å². The summed E-state index contributed by atoms with van der Waals surface area (Å²) in [6.07, 6.45) is 2.26. The molecule has 0 saturated heterocycles. The van der Waals surface area contributed by atoms with E-state index in [4.69, 9.17) is 4.74 Å². The SMILES string of the molecule is COC(=O)C(CC(C)C)NC(=O)COC(=O)c1ccc(NC2CC2)c([N+](=O)[O-])c1. The number of nitro groups is 1. The first-order valence-corrected chi connectivity index (χ1v) is 9.30. The molecule has 0 spiro atoms. The van der Waals surface area contributed by atoms with Crippen LogP contribution < -0.4 is 10.6 Å². The number of rotatable bonds is 10. The summed E-state index contributed by atoms with van der Waals surface area (Å²) < 4.78 is 9.59. The van der Waals surface area contributed by atoms with Gasteiger partial charge in [0.15, 0.2) is 6.61 Å². The number of nitro benzene ring substituents is 1. The Kier molecular flexibility index (Phi) is 7.52. The van der Waals surface area contributed by atoms with Crippen molar-refractivity contribution in [3.05, 3.63) is 33.9 Å². The molecule has 10 nitrogen and oxygen atoms in total. The maximum absolute atomic E-state index is 12.2. The zero-order chi connectivity index (χ0) is 21.6. The molecule has 2 N–H and O–H groups in total. The second-order valence-corrected chi connectivity index (χ2v) is 7.26. The minimum atomic E-state index is -0.875. The number of benzene rings is 1. The Hall–Kier alpha value is -3.17. The number of anilines is 1. The number of amides is 1. The number of esters is 2. The van der Waals surface area contributed by atoms with Crippen LogP contribution in [0.3, 0.4) is 0 Å². The van der Waals surface area contributed by atoms with Crippen molar-refractivity contribution in [2.75, 3.05) is 19.0 Å². The molecule has 0 aliphatic heterocycles.